The van der Waals surface area contributed by atoms with Crippen molar-refractivity contribution in [2.24, 2.45) is 5.92 Å². The molecule has 4 nitrogen and oxygen atoms in total. The van der Waals surface area contributed by atoms with Crippen LogP contribution in [-0.4, -0.2) is 28.2 Å². The Labute approximate surface area is 121 Å². The summed E-state index contributed by atoms with van der Waals surface area (Å²) in [4.78, 5) is 14.9. The fourth-order valence-corrected chi connectivity index (χ4v) is 2.86. The lowest BCUT2D eigenvalue weighted by molar-refractivity contribution is 0.0759. The zero-order chi connectivity index (χ0) is 15.1. The molecule has 4 heteroatoms. The highest BCUT2D eigenvalue weighted by atomic mass is 16.3. The summed E-state index contributed by atoms with van der Waals surface area (Å²) in [5, 5.41) is 10.3. The average molecular weight is 278 g/mol. The van der Waals surface area contributed by atoms with Crippen LogP contribution in [-0.2, 0) is 25.1 Å². The van der Waals surface area contributed by atoms with Gasteiger partial charge in [-0.25, -0.2) is 0 Å². The van der Waals surface area contributed by atoms with Crippen molar-refractivity contribution in [1.29, 1.82) is 0 Å². The van der Waals surface area contributed by atoms with Gasteiger partial charge in [0, 0.05) is 37.3 Å². The van der Waals surface area contributed by atoms with Crippen LogP contribution in [0.3, 0.4) is 0 Å². The van der Waals surface area contributed by atoms with Crippen LogP contribution in [0.2, 0.25) is 0 Å². The predicted octanol–water partition coefficient (Wildman–Crippen LogP) is 1.72. The van der Waals surface area contributed by atoms with E-state index in [2.05, 4.69) is 25.8 Å². The first-order valence-corrected chi connectivity index (χ1v) is 7.37. The fraction of sp³-hybridized carbons (Fsp3) is 0.688. The summed E-state index contributed by atoms with van der Waals surface area (Å²) in [5.74, 6) is 0.411. The minimum atomic E-state index is -1.10. The van der Waals surface area contributed by atoms with Crippen LogP contribution >= 0.6 is 0 Å². The van der Waals surface area contributed by atoms with Gasteiger partial charge in [-0.2, -0.15) is 0 Å². The first kappa shape index (κ1) is 15.3. The van der Waals surface area contributed by atoms with Crippen molar-refractivity contribution in [2.75, 3.05) is 13.6 Å². The quantitative estimate of drug-likeness (QED) is 0.915. The number of pyridine rings is 1. The summed E-state index contributed by atoms with van der Waals surface area (Å²) in [6.45, 7) is 10.1. The molecule has 0 aliphatic carbocycles. The topological polar surface area (TPSA) is 45.5 Å². The zero-order valence-electron chi connectivity index (χ0n) is 13.2. The van der Waals surface area contributed by atoms with E-state index in [1.807, 2.05) is 10.6 Å². The summed E-state index contributed by atoms with van der Waals surface area (Å²) >= 11 is 0. The Hall–Kier alpha value is -1.13. The molecule has 0 fully saturated rings. The van der Waals surface area contributed by atoms with E-state index in [4.69, 9.17) is 0 Å². The van der Waals surface area contributed by atoms with Gasteiger partial charge in [-0.3, -0.25) is 4.79 Å². The number of aliphatic hydroxyl groups is 1. The largest absolute Gasteiger partial charge is 0.386 e. The van der Waals surface area contributed by atoms with Gasteiger partial charge in [0.05, 0.1) is 5.60 Å². The molecule has 0 unspecified atom stereocenters. The number of rotatable bonds is 3. The highest BCUT2D eigenvalue weighted by Gasteiger charge is 2.26. The molecule has 2 heterocycles. The van der Waals surface area contributed by atoms with Crippen molar-refractivity contribution in [3.05, 3.63) is 33.2 Å². The molecule has 1 N–H and O–H groups in total. The molecule has 0 bridgehead atoms. The van der Waals surface area contributed by atoms with Crippen molar-refractivity contribution < 1.29 is 5.11 Å². The smallest absolute Gasteiger partial charge is 0.256 e. The molecule has 0 saturated heterocycles. The second kappa shape index (κ2) is 5.34. The van der Waals surface area contributed by atoms with Crippen molar-refractivity contribution in [3.8, 4) is 0 Å². The van der Waals surface area contributed by atoms with Gasteiger partial charge in [-0.15, -0.1) is 0 Å². The molecular formula is C16H26N2O2. The van der Waals surface area contributed by atoms with E-state index in [9.17, 15) is 9.90 Å². The van der Waals surface area contributed by atoms with E-state index in [1.165, 1.54) is 5.56 Å². The lowest BCUT2D eigenvalue weighted by Gasteiger charge is -2.30. The van der Waals surface area contributed by atoms with Crippen LogP contribution in [0.4, 0.5) is 0 Å². The number of nitrogens with zero attached hydrogens (tertiary/aromatic N) is 2. The van der Waals surface area contributed by atoms with Crippen molar-refractivity contribution >= 4 is 0 Å². The normalized spacial score (nSPS) is 16.6. The maximum atomic E-state index is 12.7. The maximum Gasteiger partial charge on any atom is 0.256 e. The van der Waals surface area contributed by atoms with Gasteiger partial charge in [0.25, 0.3) is 5.56 Å². The summed E-state index contributed by atoms with van der Waals surface area (Å²) in [6.07, 6.45) is 0.903. The molecule has 1 aromatic rings. The Morgan fingerprint density at radius 3 is 2.60 bits per heavy atom. The lowest BCUT2D eigenvalue weighted by Crippen LogP contribution is -2.39. The van der Waals surface area contributed by atoms with Gasteiger partial charge in [-0.05, 0) is 38.4 Å². The first-order chi connectivity index (χ1) is 9.20. The van der Waals surface area contributed by atoms with E-state index in [0.29, 0.717) is 11.5 Å². The summed E-state index contributed by atoms with van der Waals surface area (Å²) in [6, 6.07) is 1.91. The molecule has 0 spiro atoms. The van der Waals surface area contributed by atoms with Crippen LogP contribution in [0.1, 0.15) is 44.5 Å². The van der Waals surface area contributed by atoms with Crippen molar-refractivity contribution in [3.63, 3.8) is 0 Å². The third-order valence-corrected chi connectivity index (χ3v) is 3.87. The average Bonchev–Trinajstić information content (AvgIpc) is 2.30. The molecule has 0 aromatic carbocycles. The Bertz CT molecular complexity index is 553. The van der Waals surface area contributed by atoms with Crippen molar-refractivity contribution in [2.45, 2.75) is 52.8 Å². The third-order valence-electron chi connectivity index (χ3n) is 3.87. The number of aromatic nitrogens is 1. The molecule has 1 aromatic heterocycles. The van der Waals surface area contributed by atoms with E-state index in [-0.39, 0.29) is 5.56 Å². The molecule has 1 aliphatic heterocycles. The Morgan fingerprint density at radius 2 is 2.05 bits per heavy atom. The van der Waals surface area contributed by atoms with E-state index in [1.54, 1.807) is 13.8 Å². The Balaban J connectivity index is 2.64. The van der Waals surface area contributed by atoms with Crippen LogP contribution in [0.15, 0.2) is 10.9 Å². The summed E-state index contributed by atoms with van der Waals surface area (Å²) < 4.78 is 1.89. The second-order valence-electron chi connectivity index (χ2n) is 6.89. The van der Waals surface area contributed by atoms with Gasteiger partial charge in [-0.1, -0.05) is 13.8 Å². The van der Waals surface area contributed by atoms with E-state index >= 15 is 0 Å². The van der Waals surface area contributed by atoms with Crippen molar-refractivity contribution in [1.82, 2.24) is 9.47 Å². The number of hydrogen-bond donors (Lipinski definition) is 1. The SMILES string of the molecule is CC(C)Cn1c2c(cc(C(C)(C)O)c1=O)CN(C)CC2. The minimum absolute atomic E-state index is 0.0329. The Kier molecular flexibility index (Phi) is 4.07. The molecule has 0 saturated carbocycles. The zero-order valence-corrected chi connectivity index (χ0v) is 13.2. The molecule has 0 amide bonds. The van der Waals surface area contributed by atoms with Crippen LogP contribution in [0, 0.1) is 5.92 Å². The number of hydrogen-bond acceptors (Lipinski definition) is 3. The highest BCUT2D eigenvalue weighted by Crippen LogP contribution is 2.23. The van der Waals surface area contributed by atoms with Crippen LogP contribution in [0.25, 0.3) is 0 Å². The standard InChI is InChI=1S/C16H26N2O2/c1-11(2)9-18-14-6-7-17(5)10-12(14)8-13(15(18)19)16(3,4)20/h8,11,20H,6-7,9-10H2,1-5H3. The van der Waals surface area contributed by atoms with Gasteiger partial charge in [0.15, 0.2) is 0 Å². The number of fused-ring (bicyclic) bond motifs is 1. The highest BCUT2D eigenvalue weighted by molar-refractivity contribution is 5.31. The van der Waals surface area contributed by atoms with Gasteiger partial charge in [0.1, 0.15) is 0 Å². The van der Waals surface area contributed by atoms with E-state index < -0.39 is 5.60 Å². The first-order valence-electron chi connectivity index (χ1n) is 7.37. The molecule has 1 aliphatic rings. The van der Waals surface area contributed by atoms with Gasteiger partial charge in [0.2, 0.25) is 0 Å². The maximum absolute atomic E-state index is 12.7. The summed E-state index contributed by atoms with van der Waals surface area (Å²) in [7, 11) is 2.09. The second-order valence-corrected chi connectivity index (χ2v) is 6.89. The molecule has 20 heavy (non-hydrogen) atoms. The van der Waals surface area contributed by atoms with Gasteiger partial charge >= 0.3 is 0 Å². The predicted molar refractivity (Wildman–Crippen MR) is 80.8 cm³/mol. The van der Waals surface area contributed by atoms with Crippen LogP contribution in [0.5, 0.6) is 0 Å². The molecular weight excluding hydrogens is 252 g/mol. The Morgan fingerprint density at radius 1 is 1.40 bits per heavy atom. The monoisotopic (exact) mass is 278 g/mol. The molecule has 2 rings (SSSR count). The minimum Gasteiger partial charge on any atom is -0.386 e. The van der Waals surface area contributed by atoms with Gasteiger partial charge < -0.3 is 14.6 Å². The van der Waals surface area contributed by atoms with Crippen LogP contribution < -0.4 is 5.56 Å². The molecule has 0 atom stereocenters. The molecule has 112 valence electrons. The lowest BCUT2D eigenvalue weighted by atomic mass is 9.94. The number of likely N-dealkylation sites (N-methyl/N-ethyl adjacent to an activating group) is 1. The molecule has 0 radical (unpaired) electrons. The third kappa shape index (κ3) is 2.96. The summed E-state index contributed by atoms with van der Waals surface area (Å²) in [5.41, 5.74) is 1.70. The fourth-order valence-electron chi connectivity index (χ4n) is 2.86. The van der Waals surface area contributed by atoms with E-state index in [0.717, 1.165) is 31.7 Å².